The van der Waals surface area contributed by atoms with Gasteiger partial charge < -0.3 is 16.6 Å². The average molecular weight is 219 g/mol. The second kappa shape index (κ2) is 7.16. The van der Waals surface area contributed by atoms with Gasteiger partial charge in [-0.15, -0.1) is 0 Å². The van der Waals surface area contributed by atoms with Crippen molar-refractivity contribution in [1.82, 2.24) is 5.06 Å². The Balaban J connectivity index is 4.40. The van der Waals surface area contributed by atoms with Gasteiger partial charge in [0, 0.05) is 6.54 Å². The lowest BCUT2D eigenvalue weighted by atomic mass is 10.2. The maximum atomic E-state index is 11.0. The molecule has 0 aromatic rings. The van der Waals surface area contributed by atoms with E-state index >= 15 is 0 Å². The van der Waals surface area contributed by atoms with Crippen LogP contribution in [-0.2, 0) is 14.4 Å². The third-order valence-corrected chi connectivity index (χ3v) is 1.73. The van der Waals surface area contributed by atoms with Crippen LogP contribution in [0, 0.1) is 0 Å². The molecule has 15 heavy (non-hydrogen) atoms. The van der Waals surface area contributed by atoms with Crippen LogP contribution in [0.1, 0.15) is 13.3 Å². The number of primary amides is 2. The molecular weight excluding hydrogens is 202 g/mol. The number of nitrogens with two attached hydrogens (primary N) is 2. The van der Waals surface area contributed by atoms with Gasteiger partial charge in [0.25, 0.3) is 0 Å². The van der Waals surface area contributed by atoms with E-state index in [9.17, 15) is 9.59 Å². The minimum absolute atomic E-state index is 0.0381. The van der Waals surface area contributed by atoms with Crippen LogP contribution in [0.15, 0.2) is 0 Å². The lowest BCUT2D eigenvalue weighted by molar-refractivity contribution is -0.193. The molecule has 0 heterocycles. The maximum absolute atomic E-state index is 11.0. The van der Waals surface area contributed by atoms with Gasteiger partial charge in [-0.3, -0.25) is 14.4 Å². The maximum Gasteiger partial charge on any atom is 0.237 e. The molecule has 7 nitrogen and oxygen atoms in total. The zero-order chi connectivity index (χ0) is 11.8. The van der Waals surface area contributed by atoms with E-state index in [1.54, 1.807) is 6.92 Å². The minimum Gasteiger partial charge on any atom is -0.394 e. The summed E-state index contributed by atoms with van der Waals surface area (Å²) in [6.07, 6.45) is -0.200. The Labute approximate surface area is 87.9 Å². The van der Waals surface area contributed by atoms with Gasteiger partial charge in [0.15, 0.2) is 0 Å². The fourth-order valence-electron chi connectivity index (χ4n) is 1.09. The van der Waals surface area contributed by atoms with Crippen LogP contribution in [-0.4, -0.2) is 47.8 Å². The third-order valence-electron chi connectivity index (χ3n) is 1.73. The van der Waals surface area contributed by atoms with Crippen molar-refractivity contribution in [2.24, 2.45) is 11.5 Å². The summed E-state index contributed by atoms with van der Waals surface area (Å²) in [5, 5.41) is 9.79. The van der Waals surface area contributed by atoms with E-state index in [0.29, 0.717) is 6.54 Å². The molecule has 0 saturated carbocycles. The van der Waals surface area contributed by atoms with Gasteiger partial charge in [0.2, 0.25) is 11.8 Å². The summed E-state index contributed by atoms with van der Waals surface area (Å²) in [5.74, 6) is -1.32. The number of rotatable bonds is 8. The van der Waals surface area contributed by atoms with Crippen molar-refractivity contribution in [3.8, 4) is 0 Å². The number of hydrogen-bond donors (Lipinski definition) is 3. The van der Waals surface area contributed by atoms with Gasteiger partial charge in [-0.25, -0.2) is 0 Å². The molecule has 2 amide bonds. The molecule has 0 rings (SSSR count). The molecule has 7 heteroatoms. The van der Waals surface area contributed by atoms with Gasteiger partial charge in [0.1, 0.15) is 6.04 Å². The predicted molar refractivity (Wildman–Crippen MR) is 52.2 cm³/mol. The molecule has 0 aromatic heterocycles. The van der Waals surface area contributed by atoms with Crippen LogP contribution in [0.3, 0.4) is 0 Å². The topological polar surface area (TPSA) is 119 Å². The lowest BCUT2D eigenvalue weighted by Crippen LogP contribution is -2.47. The highest BCUT2D eigenvalue weighted by molar-refractivity contribution is 5.86. The largest absolute Gasteiger partial charge is 0.394 e. The molecule has 0 unspecified atom stereocenters. The van der Waals surface area contributed by atoms with Crippen LogP contribution < -0.4 is 11.5 Å². The van der Waals surface area contributed by atoms with E-state index < -0.39 is 17.9 Å². The lowest BCUT2D eigenvalue weighted by Gasteiger charge is -2.26. The van der Waals surface area contributed by atoms with E-state index in [2.05, 4.69) is 0 Å². The average Bonchev–Trinajstić information content (AvgIpc) is 2.16. The van der Waals surface area contributed by atoms with Gasteiger partial charge in [-0.2, -0.15) is 5.06 Å². The Bertz CT molecular complexity index is 222. The van der Waals surface area contributed by atoms with E-state index in [0.717, 1.165) is 0 Å². The summed E-state index contributed by atoms with van der Waals surface area (Å²) in [5.41, 5.74) is 10.1. The van der Waals surface area contributed by atoms with Crippen molar-refractivity contribution in [2.45, 2.75) is 19.4 Å². The number of carbonyl (C=O) groups is 2. The predicted octanol–water partition coefficient (Wildman–Crippen LogP) is -2.04. The first-order valence-corrected chi connectivity index (χ1v) is 4.61. The molecule has 0 aliphatic heterocycles. The second-order valence-electron chi connectivity index (χ2n) is 2.88. The minimum atomic E-state index is -0.890. The number of aliphatic hydroxyl groups excluding tert-OH is 1. The molecule has 0 fully saturated rings. The molecule has 0 bridgehead atoms. The highest BCUT2D eigenvalue weighted by atomic mass is 16.7. The molecule has 0 radical (unpaired) electrons. The Morgan fingerprint density at radius 3 is 2.40 bits per heavy atom. The first kappa shape index (κ1) is 13.8. The standard InChI is InChI=1S/C8H17N3O4/c1-2-11(15-4-3-12)6(8(10)14)5-7(9)13/h6,12H,2-5H2,1H3,(H2,9,13)(H2,10,14)/t6-/m0/s1. The van der Waals surface area contributed by atoms with E-state index in [1.165, 1.54) is 5.06 Å². The molecule has 1 atom stereocenters. The summed E-state index contributed by atoms with van der Waals surface area (Å²) in [4.78, 5) is 26.8. The van der Waals surface area contributed by atoms with Crippen molar-refractivity contribution < 1.29 is 19.5 Å². The van der Waals surface area contributed by atoms with Gasteiger partial charge in [0.05, 0.1) is 19.6 Å². The highest BCUT2D eigenvalue weighted by Crippen LogP contribution is 2.04. The molecule has 0 aromatic carbocycles. The first-order valence-electron chi connectivity index (χ1n) is 4.61. The summed E-state index contributed by atoms with van der Waals surface area (Å²) < 4.78 is 0. The van der Waals surface area contributed by atoms with Crippen LogP contribution in [0.5, 0.6) is 0 Å². The number of hydroxylamine groups is 2. The Morgan fingerprint density at radius 2 is 2.07 bits per heavy atom. The highest BCUT2D eigenvalue weighted by Gasteiger charge is 2.25. The zero-order valence-electron chi connectivity index (χ0n) is 8.68. The van der Waals surface area contributed by atoms with Crippen molar-refractivity contribution in [2.75, 3.05) is 19.8 Å². The molecule has 0 spiro atoms. The van der Waals surface area contributed by atoms with Crippen molar-refractivity contribution in [3.05, 3.63) is 0 Å². The Morgan fingerprint density at radius 1 is 1.47 bits per heavy atom. The van der Waals surface area contributed by atoms with E-state index in [1.807, 2.05) is 0 Å². The SMILES string of the molecule is CCN(OCCO)[C@@H](CC(N)=O)C(N)=O. The monoisotopic (exact) mass is 219 g/mol. The van der Waals surface area contributed by atoms with Crippen LogP contribution in [0.2, 0.25) is 0 Å². The fraction of sp³-hybridized carbons (Fsp3) is 0.750. The summed E-state index contributed by atoms with van der Waals surface area (Å²) >= 11 is 0. The number of hydrogen-bond acceptors (Lipinski definition) is 5. The Kier molecular flexibility index (Phi) is 6.59. The second-order valence-corrected chi connectivity index (χ2v) is 2.88. The Hall–Kier alpha value is -1.18. The number of likely N-dealkylation sites (N-methyl/N-ethyl adjacent to an activating group) is 1. The molecule has 0 aliphatic carbocycles. The van der Waals surface area contributed by atoms with Crippen LogP contribution in [0.25, 0.3) is 0 Å². The summed E-state index contributed by atoms with van der Waals surface area (Å²) in [6.45, 7) is 1.95. The number of nitrogens with zero attached hydrogens (tertiary/aromatic N) is 1. The molecule has 0 aliphatic rings. The smallest absolute Gasteiger partial charge is 0.237 e. The van der Waals surface area contributed by atoms with Gasteiger partial charge in [-0.05, 0) is 0 Å². The summed E-state index contributed by atoms with van der Waals surface area (Å²) in [7, 11) is 0. The van der Waals surface area contributed by atoms with Crippen molar-refractivity contribution >= 4 is 11.8 Å². The van der Waals surface area contributed by atoms with Crippen molar-refractivity contribution in [1.29, 1.82) is 0 Å². The van der Waals surface area contributed by atoms with Gasteiger partial charge in [-0.1, -0.05) is 6.92 Å². The molecular formula is C8H17N3O4. The summed E-state index contributed by atoms with van der Waals surface area (Å²) in [6, 6.07) is -0.890. The molecule has 88 valence electrons. The zero-order valence-corrected chi connectivity index (χ0v) is 8.68. The normalized spacial score (nSPS) is 12.7. The van der Waals surface area contributed by atoms with Crippen LogP contribution in [0.4, 0.5) is 0 Å². The molecule has 5 N–H and O–H groups in total. The van der Waals surface area contributed by atoms with Gasteiger partial charge >= 0.3 is 0 Å². The quantitative estimate of drug-likeness (QED) is 0.406. The number of carbonyl (C=O) groups excluding carboxylic acids is 2. The molecule has 0 saturated heterocycles. The first-order chi connectivity index (χ1) is 7.02. The van der Waals surface area contributed by atoms with Crippen molar-refractivity contribution in [3.63, 3.8) is 0 Å². The van der Waals surface area contributed by atoms with Crippen LogP contribution >= 0.6 is 0 Å². The number of aliphatic hydroxyl groups is 1. The number of amides is 2. The third kappa shape index (κ3) is 5.31. The van der Waals surface area contributed by atoms with E-state index in [4.69, 9.17) is 21.4 Å². The fourth-order valence-corrected chi connectivity index (χ4v) is 1.09. The van der Waals surface area contributed by atoms with E-state index in [-0.39, 0.29) is 19.6 Å².